The molecule has 1 rings (SSSR count). The molecule has 1 aliphatic carbocycles. The van der Waals surface area contributed by atoms with Gasteiger partial charge in [0.25, 0.3) is 0 Å². The van der Waals surface area contributed by atoms with Crippen LogP contribution in [0.2, 0.25) is 0 Å². The van der Waals surface area contributed by atoms with Crippen molar-refractivity contribution >= 4 is 37.8 Å². The lowest BCUT2D eigenvalue weighted by Gasteiger charge is -2.24. The molecule has 0 aromatic carbocycles. The molecule has 1 unspecified atom stereocenters. The highest BCUT2D eigenvalue weighted by Crippen LogP contribution is 2.39. The Bertz CT molecular complexity index is 451. The van der Waals surface area contributed by atoms with Crippen LogP contribution in [0.15, 0.2) is 32.1 Å². The molecule has 1 aliphatic rings. The van der Waals surface area contributed by atoms with Crippen LogP contribution in [0, 0.1) is 0 Å². The second kappa shape index (κ2) is 5.24. The van der Waals surface area contributed by atoms with Crippen LogP contribution in [0.25, 0.3) is 0 Å². The highest BCUT2D eigenvalue weighted by atomic mass is 79.9. The standard InChI is InChI=1S/C10H11Br2NO4/c1-13(2)3-4-8(14)6(11)5(10(16)17)7(12)9(4)15/h3,8,14-15H,1-2H3,(H,16,17). The zero-order chi connectivity index (χ0) is 13.3. The molecule has 17 heavy (non-hydrogen) atoms. The van der Waals surface area contributed by atoms with Crippen molar-refractivity contribution in [3.8, 4) is 0 Å². The summed E-state index contributed by atoms with van der Waals surface area (Å²) in [5.74, 6) is -1.52. The van der Waals surface area contributed by atoms with E-state index in [1.165, 1.54) is 6.20 Å². The molecular weight excluding hydrogens is 358 g/mol. The van der Waals surface area contributed by atoms with Crippen LogP contribution in [0.1, 0.15) is 0 Å². The summed E-state index contributed by atoms with van der Waals surface area (Å²) in [6, 6.07) is 0. The van der Waals surface area contributed by atoms with Gasteiger partial charge in [0.1, 0.15) is 11.9 Å². The summed E-state index contributed by atoms with van der Waals surface area (Å²) in [7, 11) is 3.45. The topological polar surface area (TPSA) is 81.0 Å². The van der Waals surface area contributed by atoms with Crippen LogP contribution < -0.4 is 0 Å². The molecule has 0 aliphatic heterocycles. The molecule has 0 aromatic heterocycles. The Balaban J connectivity index is 3.40. The van der Waals surface area contributed by atoms with Gasteiger partial charge < -0.3 is 20.2 Å². The van der Waals surface area contributed by atoms with Gasteiger partial charge in [-0.3, -0.25) is 0 Å². The third-order valence-electron chi connectivity index (χ3n) is 2.09. The number of aliphatic carboxylic acids is 1. The predicted octanol–water partition coefficient (Wildman–Crippen LogP) is 1.70. The predicted molar refractivity (Wildman–Crippen MR) is 69.9 cm³/mol. The normalized spacial score (nSPS) is 23.4. The molecule has 0 bridgehead atoms. The molecule has 3 N–H and O–H groups in total. The van der Waals surface area contributed by atoms with Gasteiger partial charge in [-0.25, -0.2) is 4.79 Å². The van der Waals surface area contributed by atoms with E-state index in [-0.39, 0.29) is 25.9 Å². The number of aliphatic hydroxyl groups excluding tert-OH is 2. The van der Waals surface area contributed by atoms with E-state index in [0.29, 0.717) is 0 Å². The van der Waals surface area contributed by atoms with Crippen molar-refractivity contribution < 1.29 is 20.1 Å². The third kappa shape index (κ3) is 2.72. The average molecular weight is 369 g/mol. The molecule has 0 fully saturated rings. The van der Waals surface area contributed by atoms with Gasteiger partial charge in [0, 0.05) is 30.4 Å². The van der Waals surface area contributed by atoms with Crippen molar-refractivity contribution in [3.63, 3.8) is 0 Å². The lowest BCUT2D eigenvalue weighted by Crippen LogP contribution is -2.24. The fourth-order valence-corrected chi connectivity index (χ4v) is 2.85. The molecule has 94 valence electrons. The van der Waals surface area contributed by atoms with Gasteiger partial charge in [-0.15, -0.1) is 0 Å². The van der Waals surface area contributed by atoms with E-state index in [1.54, 1.807) is 19.0 Å². The quantitative estimate of drug-likeness (QED) is 0.691. The maximum absolute atomic E-state index is 11.0. The third-order valence-corrected chi connectivity index (χ3v) is 3.69. The maximum atomic E-state index is 11.0. The van der Waals surface area contributed by atoms with E-state index < -0.39 is 12.1 Å². The van der Waals surface area contributed by atoms with Gasteiger partial charge in [0.15, 0.2) is 0 Å². The highest BCUT2D eigenvalue weighted by Gasteiger charge is 2.33. The minimum absolute atomic E-state index is 0.0373. The maximum Gasteiger partial charge on any atom is 0.337 e. The first-order chi connectivity index (χ1) is 7.77. The fraction of sp³-hybridized carbons (Fsp3) is 0.300. The summed E-state index contributed by atoms with van der Waals surface area (Å²) in [6.45, 7) is 0. The Labute approximate surface area is 115 Å². The Morgan fingerprint density at radius 1 is 1.41 bits per heavy atom. The Kier molecular flexibility index (Phi) is 4.40. The molecule has 0 aromatic rings. The van der Waals surface area contributed by atoms with Crippen molar-refractivity contribution in [3.05, 3.63) is 32.1 Å². The fourth-order valence-electron chi connectivity index (χ4n) is 1.36. The van der Waals surface area contributed by atoms with E-state index in [1.807, 2.05) is 0 Å². The summed E-state index contributed by atoms with van der Waals surface area (Å²) >= 11 is 6.04. The van der Waals surface area contributed by atoms with Gasteiger partial charge >= 0.3 is 5.97 Å². The molecule has 0 saturated heterocycles. The number of hydrogen-bond donors (Lipinski definition) is 3. The van der Waals surface area contributed by atoms with E-state index in [4.69, 9.17) is 5.11 Å². The van der Waals surface area contributed by atoms with Crippen LogP contribution in [0.5, 0.6) is 0 Å². The second-order valence-electron chi connectivity index (χ2n) is 3.64. The lowest BCUT2D eigenvalue weighted by atomic mass is 9.98. The molecule has 1 atom stereocenters. The summed E-state index contributed by atoms with van der Waals surface area (Å²) in [6.07, 6.45) is 0.311. The first-order valence-electron chi connectivity index (χ1n) is 4.56. The van der Waals surface area contributed by atoms with Crippen LogP contribution >= 0.6 is 31.9 Å². The number of halogens is 2. The average Bonchev–Trinajstić information content (AvgIpc) is 2.21. The minimum Gasteiger partial charge on any atom is -0.506 e. The monoisotopic (exact) mass is 367 g/mol. The molecule has 0 radical (unpaired) electrons. The molecule has 0 amide bonds. The van der Waals surface area contributed by atoms with E-state index in [9.17, 15) is 15.0 Å². The van der Waals surface area contributed by atoms with Crippen LogP contribution in [-0.4, -0.2) is 46.4 Å². The molecule has 7 heteroatoms. The van der Waals surface area contributed by atoms with E-state index in [2.05, 4.69) is 31.9 Å². The zero-order valence-corrected chi connectivity index (χ0v) is 12.3. The molecular formula is C10H11Br2NO4. The number of carbonyl (C=O) groups is 1. The van der Waals surface area contributed by atoms with E-state index >= 15 is 0 Å². The number of aliphatic hydroxyl groups is 2. The smallest absolute Gasteiger partial charge is 0.337 e. The first-order valence-corrected chi connectivity index (χ1v) is 6.14. The number of carboxylic acids is 1. The number of carboxylic acid groups (broad SMARTS) is 1. The lowest BCUT2D eigenvalue weighted by molar-refractivity contribution is -0.132. The zero-order valence-electron chi connectivity index (χ0n) is 9.11. The Morgan fingerprint density at radius 2 is 1.94 bits per heavy atom. The van der Waals surface area contributed by atoms with Crippen molar-refractivity contribution in [1.29, 1.82) is 0 Å². The van der Waals surface area contributed by atoms with Crippen LogP contribution in [-0.2, 0) is 4.79 Å². The summed E-state index contributed by atoms with van der Waals surface area (Å²) in [5, 5.41) is 28.7. The van der Waals surface area contributed by atoms with Crippen LogP contribution in [0.3, 0.4) is 0 Å². The minimum atomic E-state index is -1.24. The SMILES string of the molecule is CN(C)C=C1C(O)=C(Br)C(C(=O)O)=C(Br)C1O. The summed E-state index contributed by atoms with van der Waals surface area (Å²) in [4.78, 5) is 12.6. The van der Waals surface area contributed by atoms with Gasteiger partial charge in [-0.05, 0) is 15.9 Å². The summed E-state index contributed by atoms with van der Waals surface area (Å²) < 4.78 is 0.137. The van der Waals surface area contributed by atoms with Gasteiger partial charge in [-0.2, -0.15) is 0 Å². The largest absolute Gasteiger partial charge is 0.506 e. The Hall–Kier alpha value is -0.790. The molecule has 0 saturated carbocycles. The Morgan fingerprint density at radius 3 is 2.35 bits per heavy atom. The second-order valence-corrected chi connectivity index (χ2v) is 5.29. The molecule has 5 nitrogen and oxygen atoms in total. The van der Waals surface area contributed by atoms with Crippen molar-refractivity contribution in [2.75, 3.05) is 14.1 Å². The number of nitrogens with zero attached hydrogens (tertiary/aromatic N) is 1. The van der Waals surface area contributed by atoms with Gasteiger partial charge in [-0.1, -0.05) is 15.9 Å². The first kappa shape index (κ1) is 14.3. The van der Waals surface area contributed by atoms with Gasteiger partial charge in [0.2, 0.25) is 0 Å². The number of rotatable bonds is 2. The van der Waals surface area contributed by atoms with Crippen molar-refractivity contribution in [2.24, 2.45) is 0 Å². The molecule has 0 spiro atoms. The highest BCUT2D eigenvalue weighted by molar-refractivity contribution is 9.12. The van der Waals surface area contributed by atoms with Crippen molar-refractivity contribution in [2.45, 2.75) is 6.10 Å². The van der Waals surface area contributed by atoms with Gasteiger partial charge in [0.05, 0.1) is 10.1 Å². The number of hydrogen-bond acceptors (Lipinski definition) is 4. The van der Waals surface area contributed by atoms with Crippen molar-refractivity contribution in [1.82, 2.24) is 4.90 Å². The molecule has 0 heterocycles. The van der Waals surface area contributed by atoms with Crippen LogP contribution in [0.4, 0.5) is 0 Å². The summed E-state index contributed by atoms with van der Waals surface area (Å²) in [5.41, 5.74) is 0.0321. The van der Waals surface area contributed by atoms with E-state index in [0.717, 1.165) is 0 Å².